The molecule has 0 amide bonds. The molecule has 0 aromatic heterocycles. The van der Waals surface area contributed by atoms with Crippen LogP contribution in [-0.2, 0) is 11.3 Å². The van der Waals surface area contributed by atoms with Crippen LogP contribution in [0.3, 0.4) is 0 Å². The lowest BCUT2D eigenvalue weighted by Gasteiger charge is -2.07. The molecule has 0 atom stereocenters. The Morgan fingerprint density at radius 3 is 3.08 bits per heavy atom. The van der Waals surface area contributed by atoms with Gasteiger partial charge in [-0.3, -0.25) is 0 Å². The number of hydrogen-bond donors (Lipinski definition) is 1. The molecule has 0 fully saturated rings. The van der Waals surface area contributed by atoms with E-state index in [4.69, 9.17) is 15.2 Å². The number of ether oxygens (including phenoxy) is 2. The number of benzene rings is 1. The standard InChI is InChI=1S/C9H12NO2/c1-11-7-12-9-5-3-2-4-8(9)6-10/h2-4H,6-7,10H2,1H3. The van der Waals surface area contributed by atoms with E-state index in [0.717, 1.165) is 5.56 Å². The number of methoxy groups -OCH3 is 1. The summed E-state index contributed by atoms with van der Waals surface area (Å²) in [5.74, 6) is 0.668. The molecule has 0 saturated carbocycles. The van der Waals surface area contributed by atoms with E-state index in [-0.39, 0.29) is 6.79 Å². The van der Waals surface area contributed by atoms with Gasteiger partial charge in [-0.2, -0.15) is 0 Å². The Kier molecular flexibility index (Phi) is 3.57. The van der Waals surface area contributed by atoms with Crippen molar-refractivity contribution in [3.63, 3.8) is 0 Å². The SMILES string of the molecule is COCOc1[c]cccc1CN. The summed E-state index contributed by atoms with van der Waals surface area (Å²) in [4.78, 5) is 0. The fraction of sp³-hybridized carbons (Fsp3) is 0.333. The first-order valence-corrected chi connectivity index (χ1v) is 3.70. The second kappa shape index (κ2) is 4.74. The van der Waals surface area contributed by atoms with Gasteiger partial charge >= 0.3 is 0 Å². The summed E-state index contributed by atoms with van der Waals surface area (Å²) in [6.45, 7) is 0.684. The van der Waals surface area contributed by atoms with Gasteiger partial charge in [0.15, 0.2) is 6.79 Å². The monoisotopic (exact) mass is 166 g/mol. The van der Waals surface area contributed by atoms with Gasteiger partial charge < -0.3 is 15.2 Å². The highest BCUT2D eigenvalue weighted by molar-refractivity contribution is 5.31. The van der Waals surface area contributed by atoms with Gasteiger partial charge in [-0.05, 0) is 0 Å². The molecule has 0 aliphatic rings. The van der Waals surface area contributed by atoms with Crippen molar-refractivity contribution in [1.82, 2.24) is 0 Å². The number of rotatable bonds is 4. The van der Waals surface area contributed by atoms with Crippen LogP contribution < -0.4 is 10.5 Å². The van der Waals surface area contributed by atoms with Crippen LogP contribution in [0.5, 0.6) is 5.75 Å². The minimum absolute atomic E-state index is 0.230. The summed E-state index contributed by atoms with van der Waals surface area (Å²) >= 11 is 0. The van der Waals surface area contributed by atoms with Gasteiger partial charge in [0.25, 0.3) is 0 Å². The summed E-state index contributed by atoms with van der Waals surface area (Å²) in [6.07, 6.45) is 0. The highest BCUT2D eigenvalue weighted by Gasteiger charge is 1.99. The van der Waals surface area contributed by atoms with Crippen molar-refractivity contribution < 1.29 is 9.47 Å². The lowest BCUT2D eigenvalue weighted by Crippen LogP contribution is -2.04. The van der Waals surface area contributed by atoms with Crippen LogP contribution in [-0.4, -0.2) is 13.9 Å². The van der Waals surface area contributed by atoms with Gasteiger partial charge in [0.2, 0.25) is 0 Å². The normalized spacial score (nSPS) is 9.83. The fourth-order valence-electron chi connectivity index (χ4n) is 0.869. The molecular weight excluding hydrogens is 154 g/mol. The third kappa shape index (κ3) is 2.22. The third-order valence-electron chi connectivity index (χ3n) is 1.44. The quantitative estimate of drug-likeness (QED) is 0.677. The molecule has 12 heavy (non-hydrogen) atoms. The summed E-state index contributed by atoms with van der Waals surface area (Å²) in [5, 5.41) is 0. The van der Waals surface area contributed by atoms with Crippen molar-refractivity contribution in [2.24, 2.45) is 5.73 Å². The molecule has 1 rings (SSSR count). The van der Waals surface area contributed by atoms with Crippen molar-refractivity contribution >= 4 is 0 Å². The van der Waals surface area contributed by atoms with Crippen molar-refractivity contribution in [2.75, 3.05) is 13.9 Å². The topological polar surface area (TPSA) is 44.5 Å². The molecule has 3 heteroatoms. The molecule has 0 unspecified atom stereocenters. The predicted octanol–water partition coefficient (Wildman–Crippen LogP) is 0.928. The molecule has 0 spiro atoms. The Bertz CT molecular complexity index is 238. The third-order valence-corrected chi connectivity index (χ3v) is 1.44. The van der Waals surface area contributed by atoms with Crippen LogP contribution in [0.25, 0.3) is 0 Å². The van der Waals surface area contributed by atoms with E-state index in [1.165, 1.54) is 0 Å². The van der Waals surface area contributed by atoms with Crippen molar-refractivity contribution in [2.45, 2.75) is 6.54 Å². The minimum atomic E-state index is 0.230. The molecule has 2 N–H and O–H groups in total. The average Bonchev–Trinajstić information content (AvgIpc) is 2.15. The maximum atomic E-state index is 5.48. The zero-order valence-corrected chi connectivity index (χ0v) is 7.04. The molecular formula is C9H12NO2. The first-order valence-electron chi connectivity index (χ1n) is 3.70. The average molecular weight is 166 g/mol. The molecule has 3 nitrogen and oxygen atoms in total. The number of hydrogen-bond acceptors (Lipinski definition) is 3. The summed E-state index contributed by atoms with van der Waals surface area (Å²) in [7, 11) is 1.57. The molecule has 0 saturated heterocycles. The van der Waals surface area contributed by atoms with Gasteiger partial charge in [-0.15, -0.1) is 0 Å². The number of para-hydroxylation sites is 1. The molecule has 65 valence electrons. The van der Waals surface area contributed by atoms with E-state index in [9.17, 15) is 0 Å². The molecule has 1 radical (unpaired) electrons. The van der Waals surface area contributed by atoms with Crippen LogP contribution in [0, 0.1) is 6.07 Å². The lowest BCUT2D eigenvalue weighted by molar-refractivity contribution is 0.0502. The fourth-order valence-corrected chi connectivity index (χ4v) is 0.869. The van der Waals surface area contributed by atoms with Gasteiger partial charge in [-0.25, -0.2) is 0 Å². The van der Waals surface area contributed by atoms with Crippen LogP contribution in [0.1, 0.15) is 5.56 Å². The molecule has 0 bridgehead atoms. The zero-order valence-electron chi connectivity index (χ0n) is 7.04. The van der Waals surface area contributed by atoms with E-state index in [0.29, 0.717) is 12.3 Å². The second-order valence-electron chi connectivity index (χ2n) is 2.28. The predicted molar refractivity (Wildman–Crippen MR) is 45.7 cm³/mol. The second-order valence-corrected chi connectivity index (χ2v) is 2.28. The van der Waals surface area contributed by atoms with Gasteiger partial charge in [-0.1, -0.05) is 18.2 Å². The maximum Gasteiger partial charge on any atom is 0.188 e. The maximum absolute atomic E-state index is 5.48. The van der Waals surface area contributed by atoms with Crippen molar-refractivity contribution in [1.29, 1.82) is 0 Å². The lowest BCUT2D eigenvalue weighted by atomic mass is 10.2. The zero-order chi connectivity index (χ0) is 8.81. The van der Waals surface area contributed by atoms with Crippen molar-refractivity contribution in [3.8, 4) is 5.75 Å². The first-order chi connectivity index (χ1) is 5.88. The molecule has 1 aromatic rings. The Hall–Kier alpha value is -1.06. The number of nitrogens with two attached hydrogens (primary N) is 1. The van der Waals surface area contributed by atoms with Crippen LogP contribution in [0.4, 0.5) is 0 Å². The van der Waals surface area contributed by atoms with Crippen LogP contribution in [0.2, 0.25) is 0 Å². The minimum Gasteiger partial charge on any atom is -0.467 e. The summed E-state index contributed by atoms with van der Waals surface area (Å²) < 4.78 is 9.98. The smallest absolute Gasteiger partial charge is 0.188 e. The Labute approximate surface area is 72.1 Å². The summed E-state index contributed by atoms with van der Waals surface area (Å²) in [5.41, 5.74) is 6.42. The van der Waals surface area contributed by atoms with E-state index in [1.54, 1.807) is 13.2 Å². The van der Waals surface area contributed by atoms with Gasteiger partial charge in [0.1, 0.15) is 5.75 Å². The molecule has 0 heterocycles. The van der Waals surface area contributed by atoms with E-state index >= 15 is 0 Å². The van der Waals surface area contributed by atoms with E-state index in [2.05, 4.69) is 6.07 Å². The molecule has 1 aromatic carbocycles. The summed E-state index contributed by atoms with van der Waals surface area (Å²) in [6, 6.07) is 8.50. The largest absolute Gasteiger partial charge is 0.467 e. The van der Waals surface area contributed by atoms with Gasteiger partial charge in [0.05, 0.1) is 0 Å². The Morgan fingerprint density at radius 2 is 2.42 bits per heavy atom. The highest BCUT2D eigenvalue weighted by Crippen LogP contribution is 2.15. The van der Waals surface area contributed by atoms with Crippen molar-refractivity contribution in [3.05, 3.63) is 29.8 Å². The highest BCUT2D eigenvalue weighted by atomic mass is 16.7. The molecule has 0 aliphatic heterocycles. The first kappa shape index (κ1) is 9.03. The van der Waals surface area contributed by atoms with E-state index < -0.39 is 0 Å². The van der Waals surface area contributed by atoms with Gasteiger partial charge in [0, 0.05) is 25.3 Å². The molecule has 0 aliphatic carbocycles. The van der Waals surface area contributed by atoms with E-state index in [1.807, 2.05) is 12.1 Å². The Morgan fingerprint density at radius 1 is 1.58 bits per heavy atom. The van der Waals surface area contributed by atoms with Crippen LogP contribution >= 0.6 is 0 Å². The van der Waals surface area contributed by atoms with Crippen LogP contribution in [0.15, 0.2) is 18.2 Å². The Balaban J connectivity index is 2.68.